The van der Waals surface area contributed by atoms with Crippen LogP contribution in [0, 0.1) is 0 Å². The molecule has 0 bridgehead atoms. The molecule has 33 heavy (non-hydrogen) atoms. The van der Waals surface area contributed by atoms with E-state index in [4.69, 9.17) is 0 Å². The first-order valence-electron chi connectivity index (χ1n) is 12.3. The van der Waals surface area contributed by atoms with Gasteiger partial charge in [-0.1, -0.05) is 37.8 Å². The standard InChI is InChI=1S/C27H32N4O2/c32-25(28-19-27(15-5-1-6-16-27)30-17-7-2-8-18-30)21-11-13-22(14-12-21)31-20-29-24-10-4-3-9-23(24)26(31)33/h3-4,9-14,20H,1-2,5-8,15-19H2,(H,28,32). The number of hydrogen-bond donors (Lipinski definition) is 1. The van der Waals surface area contributed by atoms with E-state index in [2.05, 4.69) is 15.2 Å². The summed E-state index contributed by atoms with van der Waals surface area (Å²) in [5.41, 5.74) is 1.99. The Labute approximate surface area is 194 Å². The van der Waals surface area contributed by atoms with E-state index in [9.17, 15) is 9.59 Å². The molecule has 1 amide bonds. The van der Waals surface area contributed by atoms with Crippen LogP contribution in [0.1, 0.15) is 61.7 Å². The van der Waals surface area contributed by atoms with E-state index in [1.807, 2.05) is 30.3 Å². The molecule has 6 nitrogen and oxygen atoms in total. The number of nitrogens with one attached hydrogen (secondary N) is 1. The number of hydrogen-bond acceptors (Lipinski definition) is 4. The number of amides is 1. The van der Waals surface area contributed by atoms with Crippen molar-refractivity contribution in [2.45, 2.75) is 56.9 Å². The van der Waals surface area contributed by atoms with Crippen molar-refractivity contribution >= 4 is 16.8 Å². The quantitative estimate of drug-likeness (QED) is 0.637. The van der Waals surface area contributed by atoms with Crippen LogP contribution in [-0.4, -0.2) is 45.5 Å². The molecule has 1 aliphatic heterocycles. The number of aromatic nitrogens is 2. The second kappa shape index (κ2) is 9.48. The number of nitrogens with zero attached hydrogens (tertiary/aromatic N) is 3. The van der Waals surface area contributed by atoms with E-state index in [1.165, 1.54) is 55.9 Å². The van der Waals surface area contributed by atoms with E-state index >= 15 is 0 Å². The van der Waals surface area contributed by atoms with Crippen LogP contribution in [0.25, 0.3) is 16.6 Å². The second-order valence-corrected chi connectivity index (χ2v) is 9.50. The van der Waals surface area contributed by atoms with Crippen LogP contribution in [0.2, 0.25) is 0 Å². The predicted molar refractivity (Wildman–Crippen MR) is 131 cm³/mol. The molecule has 3 aromatic rings. The Hall–Kier alpha value is -2.99. The molecule has 6 heteroatoms. The fourth-order valence-electron chi connectivity index (χ4n) is 5.56. The summed E-state index contributed by atoms with van der Waals surface area (Å²) < 4.78 is 1.53. The normalized spacial score (nSPS) is 18.8. The van der Waals surface area contributed by atoms with Crippen LogP contribution in [0.4, 0.5) is 0 Å². The van der Waals surface area contributed by atoms with E-state index in [-0.39, 0.29) is 17.0 Å². The van der Waals surface area contributed by atoms with Gasteiger partial charge in [-0.05, 0) is 75.2 Å². The summed E-state index contributed by atoms with van der Waals surface area (Å²) in [5.74, 6) is -0.0486. The van der Waals surface area contributed by atoms with E-state index in [1.54, 1.807) is 24.5 Å². The van der Waals surface area contributed by atoms with Crippen molar-refractivity contribution in [1.29, 1.82) is 0 Å². The van der Waals surface area contributed by atoms with Crippen molar-refractivity contribution in [3.05, 3.63) is 70.8 Å². The summed E-state index contributed by atoms with van der Waals surface area (Å²) in [6, 6.07) is 14.5. The third-order valence-corrected chi connectivity index (χ3v) is 7.46. The van der Waals surface area contributed by atoms with Crippen molar-refractivity contribution in [3.63, 3.8) is 0 Å². The van der Waals surface area contributed by atoms with Gasteiger partial charge in [0.1, 0.15) is 6.33 Å². The van der Waals surface area contributed by atoms with Gasteiger partial charge in [0, 0.05) is 17.6 Å². The summed E-state index contributed by atoms with van der Waals surface area (Å²) in [7, 11) is 0. The molecule has 1 saturated carbocycles. The van der Waals surface area contributed by atoms with Crippen molar-refractivity contribution in [2.24, 2.45) is 0 Å². The Morgan fingerprint density at radius 2 is 1.61 bits per heavy atom. The lowest BCUT2D eigenvalue weighted by atomic mass is 9.79. The minimum atomic E-state index is -0.112. The summed E-state index contributed by atoms with van der Waals surface area (Å²) >= 11 is 0. The summed E-state index contributed by atoms with van der Waals surface area (Å²) in [6.45, 7) is 3.01. The molecule has 1 N–H and O–H groups in total. The molecule has 0 atom stereocenters. The molecular weight excluding hydrogens is 412 g/mol. The molecule has 1 aliphatic carbocycles. The molecule has 1 saturated heterocycles. The Balaban J connectivity index is 1.30. The third kappa shape index (κ3) is 4.44. The zero-order valence-electron chi connectivity index (χ0n) is 19.1. The maximum absolute atomic E-state index is 13.0. The number of likely N-dealkylation sites (tertiary alicyclic amines) is 1. The van der Waals surface area contributed by atoms with Crippen LogP contribution < -0.4 is 10.9 Å². The number of carbonyl (C=O) groups excluding carboxylic acids is 1. The number of para-hydroxylation sites is 1. The Morgan fingerprint density at radius 3 is 2.36 bits per heavy atom. The topological polar surface area (TPSA) is 67.2 Å². The van der Waals surface area contributed by atoms with Crippen molar-refractivity contribution in [2.75, 3.05) is 19.6 Å². The van der Waals surface area contributed by atoms with Gasteiger partial charge in [-0.15, -0.1) is 0 Å². The summed E-state index contributed by atoms with van der Waals surface area (Å²) in [4.78, 5) is 32.9. The minimum Gasteiger partial charge on any atom is -0.350 e. The lowest BCUT2D eigenvalue weighted by Crippen LogP contribution is -2.58. The molecule has 1 aromatic heterocycles. The highest BCUT2D eigenvalue weighted by atomic mass is 16.1. The van der Waals surface area contributed by atoms with Crippen LogP contribution >= 0.6 is 0 Å². The average Bonchev–Trinajstić information content (AvgIpc) is 2.89. The molecule has 0 spiro atoms. The van der Waals surface area contributed by atoms with Gasteiger partial charge >= 0.3 is 0 Å². The first-order valence-corrected chi connectivity index (χ1v) is 12.3. The van der Waals surface area contributed by atoms with Crippen LogP contribution in [-0.2, 0) is 0 Å². The monoisotopic (exact) mass is 444 g/mol. The van der Waals surface area contributed by atoms with E-state index in [0.717, 1.165) is 13.1 Å². The number of fused-ring (bicyclic) bond motifs is 1. The molecule has 2 aromatic carbocycles. The van der Waals surface area contributed by atoms with Crippen LogP contribution in [0.15, 0.2) is 59.7 Å². The minimum absolute atomic E-state index is 0.0486. The van der Waals surface area contributed by atoms with Crippen molar-refractivity contribution in [3.8, 4) is 5.69 Å². The summed E-state index contributed by atoms with van der Waals surface area (Å²) in [5, 5.41) is 3.82. The molecule has 2 fully saturated rings. The molecule has 2 heterocycles. The van der Waals surface area contributed by atoms with Gasteiger partial charge in [-0.3, -0.25) is 19.1 Å². The number of rotatable bonds is 5. The highest BCUT2D eigenvalue weighted by Crippen LogP contribution is 2.35. The van der Waals surface area contributed by atoms with E-state index < -0.39 is 0 Å². The SMILES string of the molecule is O=C(NCC1(N2CCCCC2)CCCCC1)c1ccc(-n2cnc3ccccc3c2=O)cc1. The lowest BCUT2D eigenvalue weighted by molar-refractivity contribution is 0.0326. The number of benzene rings is 2. The zero-order valence-corrected chi connectivity index (χ0v) is 19.1. The van der Waals surface area contributed by atoms with Gasteiger partial charge in [0.25, 0.3) is 11.5 Å². The number of piperidine rings is 1. The van der Waals surface area contributed by atoms with Gasteiger partial charge in [-0.2, -0.15) is 0 Å². The molecule has 0 unspecified atom stereocenters. The first kappa shape index (κ1) is 21.8. The Bertz CT molecular complexity index is 1170. The first-order chi connectivity index (χ1) is 16.2. The van der Waals surface area contributed by atoms with Crippen LogP contribution in [0.3, 0.4) is 0 Å². The van der Waals surface area contributed by atoms with Gasteiger partial charge in [-0.25, -0.2) is 4.98 Å². The highest BCUT2D eigenvalue weighted by Gasteiger charge is 2.38. The molecule has 5 rings (SSSR count). The van der Waals surface area contributed by atoms with Gasteiger partial charge in [0.2, 0.25) is 0 Å². The van der Waals surface area contributed by atoms with Gasteiger partial charge in [0.05, 0.1) is 16.6 Å². The Kier molecular flexibility index (Phi) is 6.27. The zero-order chi connectivity index (χ0) is 22.7. The fraction of sp³-hybridized carbons (Fsp3) is 0.444. The second-order valence-electron chi connectivity index (χ2n) is 9.50. The third-order valence-electron chi connectivity index (χ3n) is 7.46. The van der Waals surface area contributed by atoms with Gasteiger partial charge < -0.3 is 5.32 Å². The fourth-order valence-corrected chi connectivity index (χ4v) is 5.56. The van der Waals surface area contributed by atoms with E-state index in [0.29, 0.717) is 28.7 Å². The average molecular weight is 445 g/mol. The Morgan fingerprint density at radius 1 is 0.909 bits per heavy atom. The molecule has 172 valence electrons. The summed E-state index contributed by atoms with van der Waals surface area (Å²) in [6.07, 6.45) is 11.5. The van der Waals surface area contributed by atoms with Crippen molar-refractivity contribution in [1.82, 2.24) is 19.8 Å². The molecule has 2 aliphatic rings. The largest absolute Gasteiger partial charge is 0.350 e. The maximum atomic E-state index is 13.0. The van der Waals surface area contributed by atoms with Crippen molar-refractivity contribution < 1.29 is 4.79 Å². The maximum Gasteiger partial charge on any atom is 0.265 e. The highest BCUT2D eigenvalue weighted by molar-refractivity contribution is 5.94. The van der Waals surface area contributed by atoms with Gasteiger partial charge in [0.15, 0.2) is 0 Å². The predicted octanol–water partition coefficient (Wildman–Crippen LogP) is 4.30. The molecular formula is C27H32N4O2. The number of carbonyl (C=O) groups is 1. The van der Waals surface area contributed by atoms with Crippen LogP contribution in [0.5, 0.6) is 0 Å². The lowest BCUT2D eigenvalue weighted by Gasteiger charge is -2.48. The molecule has 0 radical (unpaired) electrons. The smallest absolute Gasteiger partial charge is 0.265 e.